The highest BCUT2D eigenvalue weighted by molar-refractivity contribution is 6.42. The van der Waals surface area contributed by atoms with E-state index in [1.807, 2.05) is 18.0 Å². The van der Waals surface area contributed by atoms with Crippen molar-refractivity contribution in [3.63, 3.8) is 0 Å². The summed E-state index contributed by atoms with van der Waals surface area (Å²) in [5, 5.41) is 10.9. The monoisotopic (exact) mass is 345 g/mol. The lowest BCUT2D eigenvalue weighted by Crippen LogP contribution is -2.67. The fourth-order valence-electron chi connectivity index (χ4n) is 5.52. The molecule has 4 rings (SSSR count). The zero-order chi connectivity index (χ0) is 18.0. The van der Waals surface area contributed by atoms with Crippen molar-refractivity contribution in [2.45, 2.75) is 42.7 Å². The number of likely N-dealkylation sites (tertiary alicyclic amines) is 1. The predicted octanol–water partition coefficient (Wildman–Crippen LogP) is 1.38. The minimum absolute atomic E-state index is 0.240. The van der Waals surface area contributed by atoms with Crippen LogP contribution in [0.4, 0.5) is 0 Å². The van der Waals surface area contributed by atoms with Gasteiger partial charge >= 0.3 is 0 Å². The van der Waals surface area contributed by atoms with E-state index in [9.17, 15) is 14.7 Å². The first-order valence-electron chi connectivity index (χ1n) is 8.65. The number of methoxy groups -OCH3 is 2. The van der Waals surface area contributed by atoms with Gasteiger partial charge in [0.15, 0.2) is 17.3 Å². The van der Waals surface area contributed by atoms with E-state index < -0.39 is 17.1 Å². The third-order valence-electron chi connectivity index (χ3n) is 6.63. The molecule has 1 N–H and O–H groups in total. The van der Waals surface area contributed by atoms with Crippen LogP contribution in [-0.4, -0.2) is 54.9 Å². The quantitative estimate of drug-likeness (QED) is 0.816. The number of hydrogen-bond acceptors (Lipinski definition) is 6. The van der Waals surface area contributed by atoms with Gasteiger partial charge in [0.2, 0.25) is 5.78 Å². The predicted molar refractivity (Wildman–Crippen MR) is 90.0 cm³/mol. The number of rotatable bonds is 2. The van der Waals surface area contributed by atoms with Gasteiger partial charge in [0.1, 0.15) is 5.54 Å². The van der Waals surface area contributed by atoms with E-state index in [0.717, 1.165) is 17.5 Å². The van der Waals surface area contributed by atoms with Crippen LogP contribution in [0.1, 0.15) is 42.9 Å². The molecule has 0 bridgehead atoms. The number of aliphatic hydroxyl groups is 1. The van der Waals surface area contributed by atoms with Gasteiger partial charge in [0.25, 0.3) is 0 Å². The Morgan fingerprint density at radius 1 is 1.20 bits per heavy atom. The SMILES string of the molecule is COc1ccc2c(c1OC)C13CCC(=O)C(=O)C1(CC2O)N(C)CC3. The highest BCUT2D eigenvalue weighted by Gasteiger charge is 2.69. The summed E-state index contributed by atoms with van der Waals surface area (Å²) in [6.07, 6.45) is 1.01. The minimum atomic E-state index is -0.992. The fraction of sp³-hybridized carbons (Fsp3) is 0.579. The van der Waals surface area contributed by atoms with E-state index >= 15 is 0 Å². The van der Waals surface area contributed by atoms with Crippen LogP contribution in [0.3, 0.4) is 0 Å². The number of ether oxygens (including phenoxy) is 2. The van der Waals surface area contributed by atoms with E-state index in [4.69, 9.17) is 9.47 Å². The maximum absolute atomic E-state index is 13.1. The van der Waals surface area contributed by atoms with Gasteiger partial charge in [-0.3, -0.25) is 14.5 Å². The Morgan fingerprint density at radius 2 is 1.96 bits per heavy atom. The highest BCUT2D eigenvalue weighted by atomic mass is 16.5. The molecule has 25 heavy (non-hydrogen) atoms. The van der Waals surface area contributed by atoms with Gasteiger partial charge < -0.3 is 14.6 Å². The Hall–Kier alpha value is -1.92. The van der Waals surface area contributed by atoms with Gasteiger partial charge in [-0.25, -0.2) is 0 Å². The summed E-state index contributed by atoms with van der Waals surface area (Å²) in [5.74, 6) is 0.452. The number of nitrogens with zero attached hydrogens (tertiary/aromatic N) is 1. The summed E-state index contributed by atoms with van der Waals surface area (Å²) in [6, 6.07) is 3.65. The molecule has 1 heterocycles. The summed E-state index contributed by atoms with van der Waals surface area (Å²) in [6.45, 7) is 0.700. The molecule has 3 unspecified atom stereocenters. The molecule has 134 valence electrons. The lowest BCUT2D eigenvalue weighted by atomic mass is 9.51. The molecule has 1 aromatic rings. The second-order valence-electron chi connectivity index (χ2n) is 7.35. The number of fused-ring (bicyclic) bond motifs is 1. The Balaban J connectivity index is 2.07. The zero-order valence-corrected chi connectivity index (χ0v) is 14.8. The number of hydrogen-bond donors (Lipinski definition) is 1. The maximum Gasteiger partial charge on any atom is 0.219 e. The summed E-state index contributed by atoms with van der Waals surface area (Å²) >= 11 is 0. The molecule has 1 saturated carbocycles. The van der Waals surface area contributed by atoms with Crippen molar-refractivity contribution in [2.75, 3.05) is 27.8 Å². The maximum atomic E-state index is 13.1. The molecule has 3 atom stereocenters. The largest absolute Gasteiger partial charge is 0.493 e. The number of aliphatic hydroxyl groups excluding tert-OH is 1. The van der Waals surface area contributed by atoms with Crippen LogP contribution in [0.15, 0.2) is 12.1 Å². The molecule has 0 radical (unpaired) electrons. The van der Waals surface area contributed by atoms with Crippen molar-refractivity contribution in [1.82, 2.24) is 4.90 Å². The van der Waals surface area contributed by atoms with Crippen LogP contribution in [0.2, 0.25) is 0 Å². The van der Waals surface area contributed by atoms with Crippen molar-refractivity contribution in [1.29, 1.82) is 0 Å². The Labute approximate surface area is 146 Å². The van der Waals surface area contributed by atoms with Gasteiger partial charge in [0, 0.05) is 23.8 Å². The van der Waals surface area contributed by atoms with E-state index in [1.165, 1.54) is 0 Å². The van der Waals surface area contributed by atoms with Gasteiger partial charge in [-0.2, -0.15) is 0 Å². The standard InChI is InChI=1S/C19H23NO5/c1-20-9-8-18-7-6-12(21)17(23)19(18,20)10-13(22)11-4-5-14(24-2)16(25-3)15(11)18/h4-5,13,22H,6-10H2,1-3H3. The van der Waals surface area contributed by atoms with Crippen molar-refractivity contribution < 1.29 is 24.2 Å². The number of Topliss-reactive ketones (excluding diaryl/α,β-unsaturated/α-hetero) is 2. The molecule has 0 spiro atoms. The Morgan fingerprint density at radius 3 is 2.64 bits per heavy atom. The van der Waals surface area contributed by atoms with Crippen LogP contribution in [-0.2, 0) is 15.0 Å². The average molecular weight is 345 g/mol. The second-order valence-corrected chi connectivity index (χ2v) is 7.35. The third-order valence-corrected chi connectivity index (χ3v) is 6.63. The van der Waals surface area contributed by atoms with Crippen LogP contribution in [0.25, 0.3) is 0 Å². The summed E-state index contributed by atoms with van der Waals surface area (Å²) in [5.41, 5.74) is 0.110. The first-order chi connectivity index (χ1) is 11.9. The molecular formula is C19H23NO5. The van der Waals surface area contributed by atoms with E-state index in [0.29, 0.717) is 24.5 Å². The van der Waals surface area contributed by atoms with Crippen LogP contribution >= 0.6 is 0 Å². The van der Waals surface area contributed by atoms with Gasteiger partial charge in [-0.15, -0.1) is 0 Å². The Bertz CT molecular complexity index is 775. The molecular weight excluding hydrogens is 322 g/mol. The van der Waals surface area contributed by atoms with E-state index in [-0.39, 0.29) is 24.4 Å². The lowest BCUT2D eigenvalue weighted by molar-refractivity contribution is -0.151. The van der Waals surface area contributed by atoms with Crippen LogP contribution in [0, 0.1) is 0 Å². The summed E-state index contributed by atoms with van der Waals surface area (Å²) in [4.78, 5) is 27.4. The molecule has 1 aromatic carbocycles. The van der Waals surface area contributed by atoms with Crippen molar-refractivity contribution >= 4 is 11.6 Å². The van der Waals surface area contributed by atoms with E-state index in [2.05, 4.69) is 0 Å². The molecule has 1 aliphatic heterocycles. The summed E-state index contributed by atoms with van der Waals surface area (Å²) < 4.78 is 11.1. The number of benzene rings is 1. The molecule has 6 nitrogen and oxygen atoms in total. The normalized spacial score (nSPS) is 34.3. The summed E-state index contributed by atoms with van der Waals surface area (Å²) in [7, 11) is 5.03. The topological polar surface area (TPSA) is 76.1 Å². The number of likely N-dealkylation sites (N-methyl/N-ethyl adjacent to an activating group) is 1. The van der Waals surface area contributed by atoms with Gasteiger partial charge in [-0.05, 0) is 38.1 Å². The molecule has 6 heteroatoms. The fourth-order valence-corrected chi connectivity index (χ4v) is 5.52. The third kappa shape index (κ3) is 1.76. The number of carbonyl (C=O) groups is 2. The minimum Gasteiger partial charge on any atom is -0.493 e. The Kier molecular flexibility index (Phi) is 3.50. The van der Waals surface area contributed by atoms with Gasteiger partial charge in [0.05, 0.1) is 20.3 Å². The van der Waals surface area contributed by atoms with Gasteiger partial charge in [-0.1, -0.05) is 6.07 Å². The lowest BCUT2D eigenvalue weighted by Gasteiger charge is -2.55. The average Bonchev–Trinajstić information content (AvgIpc) is 2.92. The van der Waals surface area contributed by atoms with Crippen molar-refractivity contribution in [3.8, 4) is 11.5 Å². The molecule has 2 fully saturated rings. The van der Waals surface area contributed by atoms with Crippen molar-refractivity contribution in [2.24, 2.45) is 0 Å². The highest BCUT2D eigenvalue weighted by Crippen LogP contribution is 2.63. The smallest absolute Gasteiger partial charge is 0.219 e. The molecule has 1 saturated heterocycles. The number of carbonyl (C=O) groups excluding carboxylic acids is 2. The first-order valence-corrected chi connectivity index (χ1v) is 8.65. The van der Waals surface area contributed by atoms with Crippen LogP contribution < -0.4 is 9.47 Å². The molecule has 0 amide bonds. The molecule has 3 aliphatic rings. The molecule has 0 aromatic heterocycles. The number of ketones is 2. The zero-order valence-electron chi connectivity index (χ0n) is 14.8. The van der Waals surface area contributed by atoms with Crippen molar-refractivity contribution in [3.05, 3.63) is 23.3 Å². The van der Waals surface area contributed by atoms with E-state index in [1.54, 1.807) is 20.3 Å². The first kappa shape index (κ1) is 16.5. The second kappa shape index (κ2) is 5.29. The van der Waals surface area contributed by atoms with Crippen LogP contribution in [0.5, 0.6) is 11.5 Å². The molecule has 2 aliphatic carbocycles.